The van der Waals surface area contributed by atoms with Crippen LogP contribution in [0.4, 0.5) is 0 Å². The van der Waals surface area contributed by atoms with Crippen LogP contribution in [-0.4, -0.2) is 22.5 Å². The van der Waals surface area contributed by atoms with Crippen LogP contribution in [0.2, 0.25) is 0 Å². The van der Waals surface area contributed by atoms with Gasteiger partial charge in [-0.3, -0.25) is 4.40 Å². The summed E-state index contributed by atoms with van der Waals surface area (Å²) in [5.74, 6) is -0.338. The first-order chi connectivity index (χ1) is 9.78. The Balaban J connectivity index is 2.10. The molecule has 5 heteroatoms. The highest BCUT2D eigenvalue weighted by Crippen LogP contribution is 2.33. The summed E-state index contributed by atoms with van der Waals surface area (Å²) in [5.41, 5.74) is 2.34. The number of imidazole rings is 1. The summed E-state index contributed by atoms with van der Waals surface area (Å²) in [5, 5.41) is 1.15. The molecule has 0 atom stereocenters. The quantitative estimate of drug-likeness (QED) is 0.502. The van der Waals surface area contributed by atoms with Crippen molar-refractivity contribution in [3.05, 3.63) is 48.2 Å². The van der Waals surface area contributed by atoms with Gasteiger partial charge in [-0.1, -0.05) is 18.2 Å². The van der Waals surface area contributed by atoms with Crippen molar-refractivity contribution in [1.82, 2.24) is 9.38 Å². The number of carbonyl (C=O) groups excluding carboxylic acids is 1. The molecule has 20 heavy (non-hydrogen) atoms. The Morgan fingerprint density at radius 1 is 1.25 bits per heavy atom. The summed E-state index contributed by atoms with van der Waals surface area (Å²) < 4.78 is 7.91. The Hall–Kier alpha value is -2.40. The second kappa shape index (κ2) is 4.05. The van der Waals surface area contributed by atoms with Gasteiger partial charge in [0.1, 0.15) is 16.0 Å². The van der Waals surface area contributed by atoms with Crippen molar-refractivity contribution in [2.24, 2.45) is 0 Å². The summed E-state index contributed by atoms with van der Waals surface area (Å²) in [6, 6.07) is 11.8. The predicted octanol–water partition coefficient (Wildman–Crippen LogP) is 3.49. The third-order valence-corrected chi connectivity index (χ3v) is 4.50. The van der Waals surface area contributed by atoms with Gasteiger partial charge >= 0.3 is 5.97 Å². The van der Waals surface area contributed by atoms with Crippen molar-refractivity contribution in [3.63, 3.8) is 0 Å². The molecule has 3 heterocycles. The van der Waals surface area contributed by atoms with Gasteiger partial charge in [-0.05, 0) is 18.2 Å². The number of fused-ring (bicyclic) bond motifs is 5. The van der Waals surface area contributed by atoms with Gasteiger partial charge in [0.15, 0.2) is 0 Å². The molecule has 0 aliphatic heterocycles. The third-order valence-electron chi connectivity index (χ3n) is 3.34. The van der Waals surface area contributed by atoms with Crippen molar-refractivity contribution < 1.29 is 9.53 Å². The highest BCUT2D eigenvalue weighted by atomic mass is 32.1. The number of carbonyl (C=O) groups is 1. The Bertz CT molecular complexity index is 968. The lowest BCUT2D eigenvalue weighted by molar-refractivity contribution is 0.0600. The van der Waals surface area contributed by atoms with E-state index in [1.807, 2.05) is 22.6 Å². The second-order valence-electron chi connectivity index (χ2n) is 4.50. The lowest BCUT2D eigenvalue weighted by atomic mass is 10.2. The fourth-order valence-electron chi connectivity index (χ4n) is 2.39. The molecule has 0 spiro atoms. The molecule has 0 saturated heterocycles. The number of esters is 1. The van der Waals surface area contributed by atoms with E-state index in [9.17, 15) is 4.79 Å². The number of methoxy groups -OCH3 is 1. The van der Waals surface area contributed by atoms with Crippen LogP contribution in [0, 0.1) is 0 Å². The normalized spacial score (nSPS) is 11.4. The first-order valence-electron chi connectivity index (χ1n) is 6.15. The van der Waals surface area contributed by atoms with E-state index >= 15 is 0 Å². The number of rotatable bonds is 1. The zero-order chi connectivity index (χ0) is 13.7. The average Bonchev–Trinajstić information content (AvgIpc) is 3.02. The minimum Gasteiger partial charge on any atom is -0.465 e. The van der Waals surface area contributed by atoms with E-state index < -0.39 is 0 Å². The summed E-state index contributed by atoms with van der Waals surface area (Å²) in [6.45, 7) is 0. The minimum absolute atomic E-state index is 0.338. The first-order valence-corrected chi connectivity index (χ1v) is 6.97. The zero-order valence-electron chi connectivity index (χ0n) is 10.7. The topological polar surface area (TPSA) is 43.6 Å². The molecule has 0 amide bonds. The lowest BCUT2D eigenvalue weighted by Crippen LogP contribution is -2.02. The molecular formula is C15H10N2O2S. The smallest absolute Gasteiger partial charge is 0.339 e. The summed E-state index contributed by atoms with van der Waals surface area (Å²) >= 11 is 1.67. The SMILES string of the molecule is COC(=O)c1ccc2nc3c4ccccc4sc3n2c1. The molecule has 0 aliphatic rings. The number of nitrogens with zero attached hydrogens (tertiary/aromatic N) is 2. The van der Waals surface area contributed by atoms with E-state index in [2.05, 4.69) is 17.1 Å². The average molecular weight is 282 g/mol. The Morgan fingerprint density at radius 2 is 2.10 bits per heavy atom. The maximum Gasteiger partial charge on any atom is 0.339 e. The monoisotopic (exact) mass is 282 g/mol. The van der Waals surface area contributed by atoms with Crippen molar-refractivity contribution >= 4 is 43.4 Å². The van der Waals surface area contributed by atoms with Gasteiger partial charge < -0.3 is 4.74 Å². The Kier molecular flexibility index (Phi) is 2.31. The maximum atomic E-state index is 11.6. The molecule has 3 aromatic heterocycles. The van der Waals surface area contributed by atoms with Crippen LogP contribution in [0.5, 0.6) is 0 Å². The number of hydrogen-bond donors (Lipinski definition) is 0. The van der Waals surface area contributed by atoms with E-state index in [1.165, 1.54) is 11.8 Å². The van der Waals surface area contributed by atoms with Crippen LogP contribution in [-0.2, 0) is 4.74 Å². The number of benzene rings is 1. The predicted molar refractivity (Wildman–Crippen MR) is 79.4 cm³/mol. The number of hydrogen-bond acceptors (Lipinski definition) is 4. The van der Waals surface area contributed by atoms with Crippen LogP contribution < -0.4 is 0 Å². The molecule has 4 aromatic rings. The van der Waals surface area contributed by atoms with Crippen LogP contribution in [0.1, 0.15) is 10.4 Å². The van der Waals surface area contributed by atoms with Gasteiger partial charge in [0.25, 0.3) is 0 Å². The van der Waals surface area contributed by atoms with E-state index in [1.54, 1.807) is 23.6 Å². The van der Waals surface area contributed by atoms with E-state index in [-0.39, 0.29) is 5.97 Å². The summed E-state index contributed by atoms with van der Waals surface area (Å²) in [7, 11) is 1.38. The second-order valence-corrected chi connectivity index (χ2v) is 5.53. The van der Waals surface area contributed by atoms with E-state index in [0.29, 0.717) is 5.56 Å². The summed E-state index contributed by atoms with van der Waals surface area (Å²) in [6.07, 6.45) is 1.78. The third kappa shape index (κ3) is 1.47. The first kappa shape index (κ1) is 11.4. The zero-order valence-corrected chi connectivity index (χ0v) is 11.5. The van der Waals surface area contributed by atoms with Crippen LogP contribution in [0.3, 0.4) is 0 Å². The molecule has 0 bridgehead atoms. The van der Waals surface area contributed by atoms with Crippen molar-refractivity contribution in [2.45, 2.75) is 0 Å². The van der Waals surface area contributed by atoms with Crippen molar-refractivity contribution in [2.75, 3.05) is 7.11 Å². The Morgan fingerprint density at radius 3 is 2.95 bits per heavy atom. The number of pyridine rings is 1. The molecule has 0 fully saturated rings. The molecule has 0 unspecified atom stereocenters. The number of ether oxygens (including phenoxy) is 1. The molecular weight excluding hydrogens is 272 g/mol. The van der Waals surface area contributed by atoms with Gasteiger partial charge in [-0.15, -0.1) is 11.3 Å². The molecule has 0 radical (unpaired) electrons. The van der Waals surface area contributed by atoms with E-state index in [0.717, 1.165) is 21.4 Å². The maximum absolute atomic E-state index is 11.6. The largest absolute Gasteiger partial charge is 0.465 e. The molecule has 0 aliphatic carbocycles. The van der Waals surface area contributed by atoms with Gasteiger partial charge in [-0.25, -0.2) is 9.78 Å². The molecule has 0 N–H and O–H groups in total. The summed E-state index contributed by atoms with van der Waals surface area (Å²) in [4.78, 5) is 17.3. The molecule has 4 rings (SSSR count). The van der Waals surface area contributed by atoms with Gasteiger partial charge in [0, 0.05) is 16.3 Å². The fourth-order valence-corrected chi connectivity index (χ4v) is 3.52. The fraction of sp³-hybridized carbons (Fsp3) is 0.0667. The highest BCUT2D eigenvalue weighted by molar-refractivity contribution is 7.25. The minimum atomic E-state index is -0.338. The highest BCUT2D eigenvalue weighted by Gasteiger charge is 2.13. The molecule has 98 valence electrons. The molecule has 1 aromatic carbocycles. The number of aromatic nitrogens is 2. The van der Waals surface area contributed by atoms with E-state index in [4.69, 9.17) is 4.74 Å². The van der Waals surface area contributed by atoms with Crippen LogP contribution in [0.25, 0.3) is 26.1 Å². The molecule has 4 nitrogen and oxygen atoms in total. The van der Waals surface area contributed by atoms with Gasteiger partial charge in [0.2, 0.25) is 0 Å². The number of thiophene rings is 1. The lowest BCUT2D eigenvalue weighted by Gasteiger charge is -2.00. The van der Waals surface area contributed by atoms with Gasteiger partial charge in [-0.2, -0.15) is 0 Å². The Labute approximate surface area is 118 Å². The van der Waals surface area contributed by atoms with Crippen molar-refractivity contribution in [1.29, 1.82) is 0 Å². The van der Waals surface area contributed by atoms with Crippen LogP contribution in [0.15, 0.2) is 42.6 Å². The standard InChI is InChI=1S/C15H10N2O2S/c1-19-15(18)9-6-7-12-16-13-10-4-2-3-5-11(10)20-14(13)17(12)8-9/h2-8H,1H3. The van der Waals surface area contributed by atoms with Gasteiger partial charge in [0.05, 0.1) is 12.7 Å². The molecule has 0 saturated carbocycles. The van der Waals surface area contributed by atoms with Crippen LogP contribution >= 0.6 is 11.3 Å². The van der Waals surface area contributed by atoms with Crippen molar-refractivity contribution in [3.8, 4) is 0 Å².